The van der Waals surface area contributed by atoms with Gasteiger partial charge in [0.15, 0.2) is 0 Å². The Labute approximate surface area is 99.0 Å². The molecule has 0 bridgehead atoms. The van der Waals surface area contributed by atoms with Crippen LogP contribution in [0.3, 0.4) is 0 Å². The Kier molecular flexibility index (Phi) is 5.33. The number of aryl methyl sites for hydroxylation is 1. The molecule has 1 N–H and O–H groups in total. The van der Waals surface area contributed by atoms with Gasteiger partial charge in [-0.15, -0.1) is 0 Å². The molecule has 1 rings (SSSR count). The monoisotopic (exact) mass is 221 g/mol. The Bertz CT molecular complexity index is 319. The van der Waals surface area contributed by atoms with Gasteiger partial charge in [0.1, 0.15) is 5.75 Å². The number of ether oxygens (including phenoxy) is 1. The molecule has 0 spiro atoms. The smallest absolute Gasteiger partial charge is 0.122 e. The fourth-order valence-corrected chi connectivity index (χ4v) is 1.88. The first-order valence-corrected chi connectivity index (χ1v) is 6.10. The van der Waals surface area contributed by atoms with Crippen molar-refractivity contribution in [3.05, 3.63) is 29.3 Å². The number of likely N-dealkylation sites (N-methyl/N-ethyl adjacent to an activating group) is 1. The molecule has 0 heterocycles. The molecule has 0 saturated carbocycles. The standard InChI is InChI=1S/C14H23NO/c1-5-13(15-4)10-12-9-11(3)7-8-14(12)16-6-2/h7-9,13,15H,5-6,10H2,1-4H3. The number of hydrogen-bond acceptors (Lipinski definition) is 2. The molecule has 0 amide bonds. The van der Waals surface area contributed by atoms with Gasteiger partial charge in [-0.2, -0.15) is 0 Å². The highest BCUT2D eigenvalue weighted by molar-refractivity contribution is 5.37. The summed E-state index contributed by atoms with van der Waals surface area (Å²) in [6, 6.07) is 6.94. The topological polar surface area (TPSA) is 21.3 Å². The summed E-state index contributed by atoms with van der Waals surface area (Å²) >= 11 is 0. The highest BCUT2D eigenvalue weighted by Gasteiger charge is 2.09. The summed E-state index contributed by atoms with van der Waals surface area (Å²) in [5, 5.41) is 3.33. The fourth-order valence-electron chi connectivity index (χ4n) is 1.88. The van der Waals surface area contributed by atoms with Crippen LogP contribution in [-0.4, -0.2) is 19.7 Å². The van der Waals surface area contributed by atoms with E-state index in [0.29, 0.717) is 6.04 Å². The Morgan fingerprint density at radius 2 is 2.06 bits per heavy atom. The highest BCUT2D eigenvalue weighted by Crippen LogP contribution is 2.22. The molecular formula is C14H23NO. The molecule has 1 aromatic carbocycles. The third-order valence-corrected chi connectivity index (χ3v) is 2.88. The first-order valence-electron chi connectivity index (χ1n) is 6.10. The molecule has 0 aromatic heterocycles. The van der Waals surface area contributed by atoms with Gasteiger partial charge in [0, 0.05) is 6.04 Å². The van der Waals surface area contributed by atoms with E-state index in [-0.39, 0.29) is 0 Å². The van der Waals surface area contributed by atoms with E-state index >= 15 is 0 Å². The van der Waals surface area contributed by atoms with E-state index in [2.05, 4.69) is 37.4 Å². The molecule has 0 fully saturated rings. The van der Waals surface area contributed by atoms with Crippen molar-refractivity contribution in [2.45, 2.75) is 39.7 Å². The van der Waals surface area contributed by atoms with Gasteiger partial charge in [0.05, 0.1) is 6.61 Å². The summed E-state index contributed by atoms with van der Waals surface area (Å²) in [6.07, 6.45) is 2.17. The van der Waals surface area contributed by atoms with E-state index in [1.165, 1.54) is 11.1 Å². The van der Waals surface area contributed by atoms with Gasteiger partial charge in [-0.1, -0.05) is 24.6 Å². The van der Waals surface area contributed by atoms with Crippen LogP contribution in [0.2, 0.25) is 0 Å². The molecule has 90 valence electrons. The van der Waals surface area contributed by atoms with Crippen molar-refractivity contribution in [3.63, 3.8) is 0 Å². The number of hydrogen-bond donors (Lipinski definition) is 1. The van der Waals surface area contributed by atoms with Crippen LogP contribution in [0.15, 0.2) is 18.2 Å². The van der Waals surface area contributed by atoms with Crippen molar-refractivity contribution in [2.75, 3.05) is 13.7 Å². The van der Waals surface area contributed by atoms with E-state index in [1.54, 1.807) is 0 Å². The third-order valence-electron chi connectivity index (χ3n) is 2.88. The third kappa shape index (κ3) is 3.53. The first-order chi connectivity index (χ1) is 7.71. The van der Waals surface area contributed by atoms with Crippen LogP contribution in [0.1, 0.15) is 31.4 Å². The van der Waals surface area contributed by atoms with Crippen LogP contribution in [0.5, 0.6) is 5.75 Å². The van der Waals surface area contributed by atoms with Crippen LogP contribution in [0.4, 0.5) is 0 Å². The zero-order chi connectivity index (χ0) is 12.0. The molecule has 0 aliphatic carbocycles. The number of benzene rings is 1. The van der Waals surface area contributed by atoms with E-state index in [0.717, 1.165) is 25.2 Å². The second-order valence-electron chi connectivity index (χ2n) is 4.14. The average Bonchev–Trinajstić information content (AvgIpc) is 2.29. The molecule has 0 aliphatic heterocycles. The lowest BCUT2D eigenvalue weighted by Gasteiger charge is -2.17. The van der Waals surface area contributed by atoms with Gasteiger partial charge < -0.3 is 10.1 Å². The minimum absolute atomic E-state index is 0.529. The van der Waals surface area contributed by atoms with Gasteiger partial charge in [-0.05, 0) is 45.4 Å². The van der Waals surface area contributed by atoms with Crippen molar-refractivity contribution < 1.29 is 4.74 Å². The minimum Gasteiger partial charge on any atom is -0.494 e. The van der Waals surface area contributed by atoms with E-state index < -0.39 is 0 Å². The number of nitrogens with one attached hydrogen (secondary N) is 1. The maximum Gasteiger partial charge on any atom is 0.122 e. The Hall–Kier alpha value is -1.02. The molecule has 0 saturated heterocycles. The average molecular weight is 221 g/mol. The van der Waals surface area contributed by atoms with Crippen molar-refractivity contribution in [2.24, 2.45) is 0 Å². The van der Waals surface area contributed by atoms with E-state index in [4.69, 9.17) is 4.74 Å². The maximum absolute atomic E-state index is 5.65. The van der Waals surface area contributed by atoms with Gasteiger partial charge in [-0.25, -0.2) is 0 Å². The van der Waals surface area contributed by atoms with Crippen molar-refractivity contribution in [3.8, 4) is 5.75 Å². The molecule has 1 unspecified atom stereocenters. The highest BCUT2D eigenvalue weighted by atomic mass is 16.5. The number of rotatable bonds is 6. The van der Waals surface area contributed by atoms with Crippen LogP contribution >= 0.6 is 0 Å². The van der Waals surface area contributed by atoms with Gasteiger partial charge in [0.25, 0.3) is 0 Å². The molecule has 2 nitrogen and oxygen atoms in total. The second-order valence-corrected chi connectivity index (χ2v) is 4.14. The molecule has 2 heteroatoms. The second kappa shape index (κ2) is 6.54. The molecule has 0 aliphatic rings. The van der Waals surface area contributed by atoms with Crippen LogP contribution < -0.4 is 10.1 Å². The first kappa shape index (κ1) is 13.0. The molecule has 1 aromatic rings. The summed E-state index contributed by atoms with van der Waals surface area (Å²) in [4.78, 5) is 0. The van der Waals surface area contributed by atoms with Gasteiger partial charge in [0.2, 0.25) is 0 Å². The van der Waals surface area contributed by atoms with Crippen molar-refractivity contribution >= 4 is 0 Å². The van der Waals surface area contributed by atoms with E-state index in [1.807, 2.05) is 14.0 Å². The van der Waals surface area contributed by atoms with Crippen LogP contribution in [0, 0.1) is 6.92 Å². The zero-order valence-electron chi connectivity index (χ0n) is 10.8. The maximum atomic E-state index is 5.65. The predicted molar refractivity (Wildman–Crippen MR) is 69.2 cm³/mol. The normalized spacial score (nSPS) is 12.5. The SMILES string of the molecule is CCOc1ccc(C)cc1CC(CC)NC. The van der Waals surface area contributed by atoms with E-state index in [9.17, 15) is 0 Å². The summed E-state index contributed by atoms with van der Waals surface area (Å²) in [7, 11) is 2.02. The predicted octanol–water partition coefficient (Wildman–Crippen LogP) is 2.93. The summed E-state index contributed by atoms with van der Waals surface area (Å²) in [6.45, 7) is 7.09. The summed E-state index contributed by atoms with van der Waals surface area (Å²) in [5.74, 6) is 1.03. The lowest BCUT2D eigenvalue weighted by atomic mass is 10.0. The van der Waals surface area contributed by atoms with Gasteiger partial charge in [-0.3, -0.25) is 0 Å². The minimum atomic E-state index is 0.529. The molecule has 1 atom stereocenters. The van der Waals surface area contributed by atoms with Crippen molar-refractivity contribution in [1.82, 2.24) is 5.32 Å². The Balaban J connectivity index is 2.86. The summed E-state index contributed by atoms with van der Waals surface area (Å²) < 4.78 is 5.65. The largest absolute Gasteiger partial charge is 0.494 e. The lowest BCUT2D eigenvalue weighted by molar-refractivity contribution is 0.334. The Morgan fingerprint density at radius 3 is 2.62 bits per heavy atom. The van der Waals surface area contributed by atoms with Crippen molar-refractivity contribution in [1.29, 1.82) is 0 Å². The fraction of sp³-hybridized carbons (Fsp3) is 0.571. The van der Waals surface area contributed by atoms with Gasteiger partial charge >= 0.3 is 0 Å². The molecular weight excluding hydrogens is 198 g/mol. The van der Waals surface area contributed by atoms with Crippen LogP contribution in [0.25, 0.3) is 0 Å². The molecule has 16 heavy (non-hydrogen) atoms. The Morgan fingerprint density at radius 1 is 1.31 bits per heavy atom. The quantitative estimate of drug-likeness (QED) is 0.797. The lowest BCUT2D eigenvalue weighted by Crippen LogP contribution is -2.26. The molecule has 0 radical (unpaired) electrons. The zero-order valence-corrected chi connectivity index (χ0v) is 10.8. The van der Waals surface area contributed by atoms with Crippen LogP contribution in [-0.2, 0) is 6.42 Å². The summed E-state index contributed by atoms with van der Waals surface area (Å²) in [5.41, 5.74) is 2.60.